The van der Waals surface area contributed by atoms with Crippen LogP contribution < -0.4 is 0 Å². The largest absolute Gasteiger partial charge is 0.463 e. The maximum absolute atomic E-state index is 12.9. The topological polar surface area (TPSA) is 121 Å². The van der Waals surface area contributed by atoms with E-state index in [4.69, 9.17) is 23.7 Å². The van der Waals surface area contributed by atoms with E-state index in [1.165, 1.54) is 29.9 Å². The van der Waals surface area contributed by atoms with Crippen molar-refractivity contribution in [3.63, 3.8) is 0 Å². The Morgan fingerprint density at radius 1 is 1.03 bits per heavy atom. The molecule has 9 heteroatoms. The zero-order valence-corrected chi connectivity index (χ0v) is 20.9. The van der Waals surface area contributed by atoms with E-state index < -0.39 is 52.5 Å². The third-order valence-corrected chi connectivity index (χ3v) is 9.12. The third kappa shape index (κ3) is 3.83. The number of cyclic esters (lactones) is 2. The van der Waals surface area contributed by atoms with Crippen molar-refractivity contribution < 1.29 is 43.2 Å². The van der Waals surface area contributed by atoms with Gasteiger partial charge in [0.05, 0.1) is 30.8 Å². The first-order valence-electron chi connectivity index (χ1n) is 12.7. The predicted molar refractivity (Wildman–Crippen MR) is 125 cm³/mol. The predicted octanol–water partition coefficient (Wildman–Crippen LogP) is 2.17. The van der Waals surface area contributed by atoms with Gasteiger partial charge in [0.2, 0.25) is 0 Å². The maximum Gasteiger partial charge on any atom is 0.335 e. The minimum Gasteiger partial charge on any atom is -0.463 e. The quantitative estimate of drug-likeness (QED) is 0.230. The molecule has 0 aromatic heterocycles. The minimum absolute atomic E-state index is 0.00000344. The Kier molecular flexibility index (Phi) is 6.37. The molecule has 0 amide bonds. The Morgan fingerprint density at radius 3 is 2.47 bits per heavy atom. The lowest BCUT2D eigenvalue weighted by Gasteiger charge is -2.58. The number of epoxide rings is 1. The van der Waals surface area contributed by atoms with Gasteiger partial charge in [-0.2, -0.15) is 0 Å². The fraction of sp³-hybridized carbons (Fsp3) is 0.667. The molecule has 3 heterocycles. The summed E-state index contributed by atoms with van der Waals surface area (Å²) in [6.07, 6.45) is 7.11. The number of carbonyl (C=O) groups excluding carboxylic acids is 3. The second kappa shape index (κ2) is 9.11. The summed E-state index contributed by atoms with van der Waals surface area (Å²) in [7, 11) is 0. The van der Waals surface area contributed by atoms with Crippen LogP contribution in [0.15, 0.2) is 36.0 Å². The third-order valence-electron chi connectivity index (χ3n) is 9.12. The van der Waals surface area contributed by atoms with Gasteiger partial charge in [-0.3, -0.25) is 0 Å². The van der Waals surface area contributed by atoms with E-state index in [9.17, 15) is 19.5 Å². The molecule has 3 aliphatic heterocycles. The zero-order chi connectivity index (χ0) is 25.7. The number of hydrogen-bond acceptors (Lipinski definition) is 9. The van der Waals surface area contributed by atoms with E-state index in [0.29, 0.717) is 19.4 Å². The van der Waals surface area contributed by atoms with Crippen LogP contribution in [0.2, 0.25) is 0 Å². The van der Waals surface area contributed by atoms with Crippen LogP contribution in [-0.2, 0) is 38.1 Å². The highest BCUT2D eigenvalue weighted by molar-refractivity contribution is 5.84. The number of rotatable bonds is 0. The van der Waals surface area contributed by atoms with Gasteiger partial charge >= 0.3 is 17.9 Å². The molecule has 0 aromatic rings. The van der Waals surface area contributed by atoms with Crippen LogP contribution in [-0.4, -0.2) is 72.9 Å². The van der Waals surface area contributed by atoms with Crippen LogP contribution >= 0.6 is 0 Å². The fourth-order valence-electron chi connectivity index (χ4n) is 6.65. The molecule has 9 nitrogen and oxygen atoms in total. The van der Waals surface area contributed by atoms with Crippen molar-refractivity contribution in [2.24, 2.45) is 16.7 Å². The standard InChI is InChI=1S/C27H34O9/c1-16-8-10-26-14-33-24(31)23(30)17(2)9-11-32-21(28)6-4-5-7-22(29)36-18-13-20(35-19(26)12-16)27(15-34-27)25(18,26)3/h4-7,12,17-20,23,30H,8-11,13-15H2,1-3H3/b6-4-,7-5-/t17-,18-,19+,20-,23-,25+,26+,27-/m1/s1. The summed E-state index contributed by atoms with van der Waals surface area (Å²) in [5, 5.41) is 10.6. The van der Waals surface area contributed by atoms with E-state index in [0.717, 1.165) is 6.42 Å². The molecule has 3 fully saturated rings. The highest BCUT2D eigenvalue weighted by Crippen LogP contribution is 2.72. The first-order valence-corrected chi connectivity index (χ1v) is 12.7. The Balaban J connectivity index is 1.52. The summed E-state index contributed by atoms with van der Waals surface area (Å²) in [5.41, 5.74) is -0.820. The van der Waals surface area contributed by atoms with Crippen molar-refractivity contribution in [3.05, 3.63) is 36.0 Å². The van der Waals surface area contributed by atoms with Gasteiger partial charge in [-0.1, -0.05) is 37.6 Å². The van der Waals surface area contributed by atoms with Crippen LogP contribution in [0.1, 0.15) is 46.5 Å². The highest BCUT2D eigenvalue weighted by Gasteiger charge is 2.83. The highest BCUT2D eigenvalue weighted by atomic mass is 16.6. The lowest BCUT2D eigenvalue weighted by molar-refractivity contribution is -0.234. The van der Waals surface area contributed by atoms with E-state index in [1.54, 1.807) is 6.92 Å². The first kappa shape index (κ1) is 25.2. The van der Waals surface area contributed by atoms with Crippen molar-refractivity contribution in [2.75, 3.05) is 19.8 Å². The number of allylic oxidation sites excluding steroid dienone is 3. The molecule has 2 saturated heterocycles. The Hall–Kier alpha value is -2.49. The second-order valence-corrected chi connectivity index (χ2v) is 11.0. The van der Waals surface area contributed by atoms with Crippen molar-refractivity contribution >= 4 is 17.9 Å². The molecule has 5 rings (SSSR count). The summed E-state index contributed by atoms with van der Waals surface area (Å²) in [5.74, 6) is -2.34. The maximum atomic E-state index is 12.9. The average molecular weight is 503 g/mol. The molecule has 2 spiro atoms. The SMILES string of the molecule is CC1=C[C@@H]2O[C@@H]3C[C@H]4OC(=O)/C=C\C=C/C(=O)OCC[C@@H](C)[C@@H](O)C(=O)OC[C@]2(CC1)[C@@]4(C)[C@@]31CO1. The van der Waals surface area contributed by atoms with Gasteiger partial charge in [-0.25, -0.2) is 14.4 Å². The molecular formula is C27H34O9. The van der Waals surface area contributed by atoms with Crippen molar-refractivity contribution in [1.29, 1.82) is 0 Å². The molecule has 0 aromatic carbocycles. The second-order valence-electron chi connectivity index (χ2n) is 11.0. The van der Waals surface area contributed by atoms with E-state index in [1.807, 2.05) is 0 Å². The summed E-state index contributed by atoms with van der Waals surface area (Å²) in [6, 6.07) is 0. The van der Waals surface area contributed by atoms with Crippen LogP contribution in [0.5, 0.6) is 0 Å². The fourth-order valence-corrected chi connectivity index (χ4v) is 6.65. The number of ether oxygens (including phenoxy) is 5. The Labute approximate surface area is 210 Å². The molecule has 2 bridgehead atoms. The van der Waals surface area contributed by atoms with Gasteiger partial charge in [0.15, 0.2) is 6.10 Å². The van der Waals surface area contributed by atoms with Crippen LogP contribution in [0.4, 0.5) is 0 Å². The molecule has 0 unspecified atom stereocenters. The molecule has 36 heavy (non-hydrogen) atoms. The van der Waals surface area contributed by atoms with Crippen molar-refractivity contribution in [3.8, 4) is 0 Å². The number of hydrogen-bond donors (Lipinski definition) is 1. The molecule has 1 N–H and O–H groups in total. The van der Waals surface area contributed by atoms with E-state index >= 15 is 0 Å². The molecule has 0 radical (unpaired) electrons. The molecule has 196 valence electrons. The normalized spacial score (nSPS) is 46.8. The monoisotopic (exact) mass is 502 g/mol. The van der Waals surface area contributed by atoms with Crippen LogP contribution in [0.25, 0.3) is 0 Å². The first-order chi connectivity index (χ1) is 17.1. The van der Waals surface area contributed by atoms with Gasteiger partial charge in [0, 0.05) is 24.0 Å². The summed E-state index contributed by atoms with van der Waals surface area (Å²) >= 11 is 0. The Bertz CT molecular complexity index is 1020. The molecule has 5 aliphatic rings. The zero-order valence-electron chi connectivity index (χ0n) is 20.9. The molecule has 1 saturated carbocycles. The molecular weight excluding hydrogens is 468 g/mol. The smallest absolute Gasteiger partial charge is 0.335 e. The number of esters is 3. The summed E-state index contributed by atoms with van der Waals surface area (Å²) in [4.78, 5) is 37.6. The van der Waals surface area contributed by atoms with Crippen molar-refractivity contribution in [1.82, 2.24) is 0 Å². The summed E-state index contributed by atoms with van der Waals surface area (Å²) < 4.78 is 29.6. The van der Waals surface area contributed by atoms with Crippen LogP contribution in [0.3, 0.4) is 0 Å². The lowest BCUT2D eigenvalue weighted by atomic mass is 9.51. The average Bonchev–Trinajstić information content (AvgIpc) is 3.62. The summed E-state index contributed by atoms with van der Waals surface area (Å²) in [6.45, 7) is 6.34. The van der Waals surface area contributed by atoms with Gasteiger partial charge in [-0.15, -0.1) is 0 Å². The van der Waals surface area contributed by atoms with E-state index in [-0.39, 0.29) is 31.8 Å². The molecule has 8 atom stereocenters. The number of carbonyl (C=O) groups is 3. The lowest BCUT2D eigenvalue weighted by Crippen LogP contribution is -2.66. The number of aliphatic hydroxyl groups excluding tert-OH is 1. The number of aliphatic hydroxyl groups is 1. The van der Waals surface area contributed by atoms with Gasteiger partial charge in [-0.05, 0) is 32.1 Å². The van der Waals surface area contributed by atoms with Gasteiger partial charge in [0.1, 0.15) is 18.3 Å². The van der Waals surface area contributed by atoms with Crippen molar-refractivity contribution in [2.45, 2.75) is 76.5 Å². The Morgan fingerprint density at radius 2 is 1.75 bits per heavy atom. The minimum atomic E-state index is -1.37. The molecule has 2 aliphatic carbocycles. The van der Waals surface area contributed by atoms with Gasteiger partial charge < -0.3 is 28.8 Å². The van der Waals surface area contributed by atoms with Crippen LogP contribution in [0, 0.1) is 16.7 Å². The van der Waals surface area contributed by atoms with Gasteiger partial charge in [0.25, 0.3) is 0 Å². The van der Waals surface area contributed by atoms with E-state index in [2.05, 4.69) is 19.9 Å².